The molecule has 0 aliphatic rings. The Morgan fingerprint density at radius 2 is 1.12 bits per heavy atom. The monoisotopic (exact) mass is 178 g/mol. The van der Waals surface area contributed by atoms with Gasteiger partial charge in [0.05, 0.1) is 0 Å². The molecular weight excluding hydrogens is 175 g/mol. The predicted molar refractivity (Wildman–Crippen MR) is 15.6 cm³/mol. The molecule has 0 saturated carbocycles. The maximum absolute atomic E-state index is 8.88. The van der Waals surface area contributed by atoms with Gasteiger partial charge in [-0.05, 0) is 0 Å². The summed E-state index contributed by atoms with van der Waals surface area (Å²) < 4.78 is 25.9. The van der Waals surface area contributed by atoms with E-state index in [1.165, 1.54) is 0 Å². The van der Waals surface area contributed by atoms with Gasteiger partial charge in [-0.1, -0.05) is 0 Å². The SMILES string of the molecule is O=P(O)(O)O.[O]=[Ti]=[O]. The predicted octanol–water partition coefficient (Wildman–Crippen LogP) is -1.17. The van der Waals surface area contributed by atoms with Crippen molar-refractivity contribution in [3.8, 4) is 0 Å². The molecule has 0 aliphatic heterocycles. The van der Waals surface area contributed by atoms with Gasteiger partial charge in [0.15, 0.2) is 0 Å². The second-order valence-corrected chi connectivity index (χ2v) is 1.88. The first kappa shape index (κ1) is 11.3. The van der Waals surface area contributed by atoms with Crippen LogP contribution in [-0.4, -0.2) is 14.7 Å². The minimum absolute atomic E-state index is 2.00. The molecule has 0 aromatic carbocycles. The minimum atomic E-state index is -4.64. The molecule has 0 heterocycles. The van der Waals surface area contributed by atoms with Crippen molar-refractivity contribution in [2.45, 2.75) is 0 Å². The summed E-state index contributed by atoms with van der Waals surface area (Å²) in [6.45, 7) is 0. The molecule has 0 rings (SSSR count). The molecule has 8 heteroatoms. The molecule has 0 aromatic heterocycles. The molecule has 8 heavy (non-hydrogen) atoms. The van der Waals surface area contributed by atoms with Crippen LogP contribution in [-0.2, 0) is 30.3 Å². The Labute approximate surface area is 53.3 Å². The third-order valence-corrected chi connectivity index (χ3v) is 0. The average Bonchev–Trinajstić information content (AvgIpc) is 1.27. The fourth-order valence-corrected chi connectivity index (χ4v) is 0. The molecule has 0 saturated heterocycles. The molecule has 0 aromatic rings. The van der Waals surface area contributed by atoms with Crippen LogP contribution >= 0.6 is 7.82 Å². The van der Waals surface area contributed by atoms with Crippen LogP contribution in [0.1, 0.15) is 0 Å². The van der Waals surface area contributed by atoms with Crippen LogP contribution in [0.3, 0.4) is 0 Å². The Kier molecular flexibility index (Phi) is 7.82. The van der Waals surface area contributed by atoms with Crippen molar-refractivity contribution in [2.75, 3.05) is 0 Å². The summed E-state index contributed by atoms with van der Waals surface area (Å²) in [6.07, 6.45) is 0. The fourth-order valence-electron chi connectivity index (χ4n) is 0. The van der Waals surface area contributed by atoms with Gasteiger partial charge in [-0.2, -0.15) is 0 Å². The molecule has 0 aliphatic carbocycles. The van der Waals surface area contributed by atoms with Crippen molar-refractivity contribution >= 4 is 7.82 Å². The Morgan fingerprint density at radius 3 is 1.12 bits per heavy atom. The van der Waals surface area contributed by atoms with Gasteiger partial charge in [0.2, 0.25) is 0 Å². The molecule has 0 fully saturated rings. The van der Waals surface area contributed by atoms with E-state index in [0.717, 1.165) is 0 Å². The second kappa shape index (κ2) is 5.56. The standard InChI is InChI=1S/H3O4P.2O.Ti/c1-5(2,3)4;;;/h(H3,1,2,3,4);;;. The second-order valence-electron chi connectivity index (χ2n) is 0.597. The molecule has 0 amide bonds. The quantitative estimate of drug-likeness (QED) is 0.318. The van der Waals surface area contributed by atoms with Crippen LogP contribution in [0, 0.1) is 0 Å². The average molecular weight is 178 g/mol. The molecule has 0 radical (unpaired) electrons. The number of hydrogen-bond donors (Lipinski definition) is 3. The van der Waals surface area contributed by atoms with E-state index < -0.39 is 26.9 Å². The summed E-state index contributed by atoms with van der Waals surface area (Å²) in [7, 11) is -4.64. The molecule has 48 valence electrons. The third kappa shape index (κ3) is 1050. The number of phosphoric acid groups is 1. The summed E-state index contributed by atoms with van der Waals surface area (Å²) >= 11 is -2.00. The summed E-state index contributed by atoms with van der Waals surface area (Å²) in [6, 6.07) is 0. The van der Waals surface area contributed by atoms with Gasteiger partial charge in [-0.3, -0.25) is 0 Å². The van der Waals surface area contributed by atoms with Crippen molar-refractivity contribution in [3.63, 3.8) is 0 Å². The molecule has 0 bridgehead atoms. The third-order valence-electron chi connectivity index (χ3n) is 0. The molecule has 0 spiro atoms. The molecule has 0 atom stereocenters. The van der Waals surface area contributed by atoms with Crippen LogP contribution in [0.5, 0.6) is 0 Å². The summed E-state index contributed by atoms with van der Waals surface area (Å²) in [5.41, 5.74) is 0. The first-order valence-corrected chi connectivity index (χ1v) is 4.03. The normalized spacial score (nSPS) is 8.38. The Bertz CT molecular complexity index is 106. The van der Waals surface area contributed by atoms with Crippen molar-refractivity contribution in [3.05, 3.63) is 0 Å². The zero-order valence-electron chi connectivity index (χ0n) is 3.51. The Hall–Kier alpha value is 0.424. The van der Waals surface area contributed by atoms with Crippen LogP contribution in [0.4, 0.5) is 0 Å². The van der Waals surface area contributed by atoms with Crippen molar-refractivity contribution in [2.24, 2.45) is 0 Å². The van der Waals surface area contributed by atoms with Gasteiger partial charge in [-0.25, -0.2) is 4.57 Å². The maximum atomic E-state index is 8.88. The van der Waals surface area contributed by atoms with E-state index in [1.54, 1.807) is 0 Å². The van der Waals surface area contributed by atoms with Crippen molar-refractivity contribution in [1.29, 1.82) is 0 Å². The van der Waals surface area contributed by atoms with Crippen molar-refractivity contribution < 1.29 is 45.0 Å². The van der Waals surface area contributed by atoms with E-state index in [2.05, 4.69) is 0 Å². The zero-order valence-corrected chi connectivity index (χ0v) is 5.97. The van der Waals surface area contributed by atoms with E-state index >= 15 is 0 Å². The first-order valence-electron chi connectivity index (χ1n) is 1.19. The first-order chi connectivity index (χ1) is 3.41. The van der Waals surface area contributed by atoms with Gasteiger partial charge < -0.3 is 14.7 Å². The molecule has 6 nitrogen and oxygen atoms in total. The zero-order chi connectivity index (χ0) is 7.21. The van der Waals surface area contributed by atoms with Crippen LogP contribution in [0.15, 0.2) is 0 Å². The van der Waals surface area contributed by atoms with E-state index in [4.69, 9.17) is 25.9 Å². The summed E-state index contributed by atoms with van der Waals surface area (Å²) in [5, 5.41) is 0. The number of rotatable bonds is 0. The van der Waals surface area contributed by atoms with E-state index in [9.17, 15) is 0 Å². The Balaban J connectivity index is 0. The van der Waals surface area contributed by atoms with Crippen LogP contribution in [0.2, 0.25) is 0 Å². The van der Waals surface area contributed by atoms with Gasteiger partial charge >= 0.3 is 33.6 Å². The molecular formula is H3O6PTi. The van der Waals surface area contributed by atoms with Gasteiger partial charge in [0, 0.05) is 0 Å². The van der Waals surface area contributed by atoms with Crippen LogP contribution in [0.25, 0.3) is 0 Å². The summed E-state index contributed by atoms with van der Waals surface area (Å²) in [4.78, 5) is 21.6. The molecule has 0 unspecified atom stereocenters. The fraction of sp³-hybridized carbons (Fsp3) is 0. The van der Waals surface area contributed by atoms with E-state index in [0.29, 0.717) is 0 Å². The van der Waals surface area contributed by atoms with Crippen molar-refractivity contribution in [1.82, 2.24) is 0 Å². The summed E-state index contributed by atoms with van der Waals surface area (Å²) in [5.74, 6) is 0. The van der Waals surface area contributed by atoms with Gasteiger partial charge in [0.25, 0.3) is 0 Å². The van der Waals surface area contributed by atoms with Crippen LogP contribution < -0.4 is 0 Å². The molecule has 3 N–H and O–H groups in total. The van der Waals surface area contributed by atoms with E-state index in [-0.39, 0.29) is 0 Å². The number of hydrogen-bond acceptors (Lipinski definition) is 3. The topological polar surface area (TPSA) is 112 Å². The van der Waals surface area contributed by atoms with Gasteiger partial charge in [-0.15, -0.1) is 0 Å². The van der Waals surface area contributed by atoms with E-state index in [1.807, 2.05) is 0 Å². The Morgan fingerprint density at radius 1 is 1.12 bits per heavy atom. The van der Waals surface area contributed by atoms with Gasteiger partial charge in [0.1, 0.15) is 0 Å².